The van der Waals surface area contributed by atoms with Crippen LogP contribution in [0.1, 0.15) is 54.2 Å². The third kappa shape index (κ3) is 4.68. The number of rotatable bonds is 6. The quantitative estimate of drug-likeness (QED) is 0.754. The fourth-order valence-corrected chi connectivity index (χ4v) is 5.25. The lowest BCUT2D eigenvalue weighted by Gasteiger charge is -2.29. The zero-order chi connectivity index (χ0) is 21.9. The van der Waals surface area contributed by atoms with E-state index in [9.17, 15) is 13.2 Å². The van der Waals surface area contributed by atoms with Crippen molar-refractivity contribution in [2.24, 2.45) is 5.92 Å². The van der Waals surface area contributed by atoms with Gasteiger partial charge in [-0.2, -0.15) is 4.31 Å². The van der Waals surface area contributed by atoms with Gasteiger partial charge in [-0.15, -0.1) is 0 Å². The lowest BCUT2D eigenvalue weighted by Crippen LogP contribution is -2.38. The Bertz CT molecular complexity index is 1010. The van der Waals surface area contributed by atoms with Crippen LogP contribution in [0.2, 0.25) is 0 Å². The molecule has 0 saturated carbocycles. The molecule has 162 valence electrons. The Labute approximate surface area is 179 Å². The van der Waals surface area contributed by atoms with Crippen molar-refractivity contribution in [1.82, 2.24) is 9.62 Å². The summed E-state index contributed by atoms with van der Waals surface area (Å²) in [6.07, 6.45) is 1.71. The van der Waals surface area contributed by atoms with Crippen molar-refractivity contribution in [1.29, 1.82) is 0 Å². The van der Waals surface area contributed by atoms with Gasteiger partial charge in [0.05, 0.1) is 18.0 Å². The SMILES string of the molecule is COc1ccccc1[C@H](C)NC(=O)c1cc(S(=O)(=O)N2CCC(C)CC2)ccc1C. The number of aryl methyl sites for hydroxylation is 1. The van der Waals surface area contributed by atoms with Gasteiger partial charge in [-0.25, -0.2) is 8.42 Å². The number of benzene rings is 2. The molecular weight excluding hydrogens is 400 g/mol. The fourth-order valence-electron chi connectivity index (χ4n) is 3.76. The molecule has 1 amide bonds. The summed E-state index contributed by atoms with van der Waals surface area (Å²) in [5, 5.41) is 2.96. The number of para-hydroxylation sites is 1. The lowest BCUT2D eigenvalue weighted by molar-refractivity contribution is 0.0938. The number of methoxy groups -OCH3 is 1. The molecule has 6 nitrogen and oxygen atoms in total. The van der Waals surface area contributed by atoms with Gasteiger partial charge in [-0.05, 0) is 56.4 Å². The van der Waals surface area contributed by atoms with Gasteiger partial charge in [-0.3, -0.25) is 4.79 Å². The summed E-state index contributed by atoms with van der Waals surface area (Å²) in [7, 11) is -2.03. The first-order valence-electron chi connectivity index (χ1n) is 10.3. The summed E-state index contributed by atoms with van der Waals surface area (Å²) in [6, 6.07) is 12.0. The third-order valence-corrected chi connectivity index (χ3v) is 7.68. The van der Waals surface area contributed by atoms with Crippen molar-refractivity contribution in [3.63, 3.8) is 0 Å². The third-order valence-electron chi connectivity index (χ3n) is 5.79. The van der Waals surface area contributed by atoms with Crippen LogP contribution in [0.4, 0.5) is 0 Å². The average Bonchev–Trinajstić information content (AvgIpc) is 2.74. The number of amides is 1. The number of nitrogens with one attached hydrogen (secondary N) is 1. The Morgan fingerprint density at radius 3 is 2.50 bits per heavy atom. The van der Waals surface area contributed by atoms with Crippen molar-refractivity contribution < 1.29 is 17.9 Å². The highest BCUT2D eigenvalue weighted by Crippen LogP contribution is 2.27. The standard InChI is InChI=1S/C23H30N2O4S/c1-16-11-13-25(14-12-16)30(27,28)19-10-9-17(2)21(15-19)23(26)24-18(3)20-7-5-6-8-22(20)29-4/h5-10,15-16,18H,11-14H2,1-4H3,(H,24,26)/t18-/m0/s1. The number of carbonyl (C=O) groups excluding carboxylic acids is 1. The highest BCUT2D eigenvalue weighted by molar-refractivity contribution is 7.89. The van der Waals surface area contributed by atoms with E-state index in [1.807, 2.05) is 38.1 Å². The van der Waals surface area contributed by atoms with E-state index in [-0.39, 0.29) is 16.8 Å². The van der Waals surface area contributed by atoms with Crippen LogP contribution in [-0.4, -0.2) is 38.8 Å². The number of ether oxygens (including phenoxy) is 1. The van der Waals surface area contributed by atoms with Crippen LogP contribution in [0.15, 0.2) is 47.4 Å². The van der Waals surface area contributed by atoms with Crippen LogP contribution in [0.25, 0.3) is 0 Å². The molecule has 0 unspecified atom stereocenters. The van der Waals surface area contributed by atoms with Crippen molar-refractivity contribution in [2.75, 3.05) is 20.2 Å². The molecule has 0 aromatic heterocycles. The largest absolute Gasteiger partial charge is 0.496 e. The Morgan fingerprint density at radius 1 is 1.17 bits per heavy atom. The molecule has 1 aliphatic heterocycles. The maximum absolute atomic E-state index is 13.1. The topological polar surface area (TPSA) is 75.7 Å². The van der Waals surface area contributed by atoms with Crippen molar-refractivity contribution >= 4 is 15.9 Å². The van der Waals surface area contributed by atoms with E-state index in [0.29, 0.717) is 30.3 Å². The summed E-state index contributed by atoms with van der Waals surface area (Å²) in [5.41, 5.74) is 1.95. The van der Waals surface area contributed by atoms with Crippen LogP contribution in [0.3, 0.4) is 0 Å². The smallest absolute Gasteiger partial charge is 0.252 e. The van der Waals surface area contributed by atoms with E-state index >= 15 is 0 Å². The van der Waals surface area contributed by atoms with Gasteiger partial charge < -0.3 is 10.1 Å². The minimum atomic E-state index is -3.62. The highest BCUT2D eigenvalue weighted by atomic mass is 32.2. The fraction of sp³-hybridized carbons (Fsp3) is 0.435. The molecular formula is C23H30N2O4S. The molecule has 1 heterocycles. The number of hydrogen-bond donors (Lipinski definition) is 1. The van der Waals surface area contributed by atoms with E-state index in [1.165, 1.54) is 10.4 Å². The monoisotopic (exact) mass is 430 g/mol. The summed E-state index contributed by atoms with van der Waals surface area (Å²) in [5.74, 6) is 0.917. The minimum Gasteiger partial charge on any atom is -0.496 e. The van der Waals surface area contributed by atoms with Crippen LogP contribution >= 0.6 is 0 Å². The maximum Gasteiger partial charge on any atom is 0.252 e. The number of nitrogens with zero attached hydrogens (tertiary/aromatic N) is 1. The van der Waals surface area contributed by atoms with Gasteiger partial charge in [-0.1, -0.05) is 31.2 Å². The second kappa shape index (κ2) is 9.18. The number of hydrogen-bond acceptors (Lipinski definition) is 4. The number of piperidine rings is 1. The van der Waals surface area contributed by atoms with Crippen molar-refractivity contribution in [3.05, 3.63) is 59.2 Å². The molecule has 3 rings (SSSR count). The normalized spacial score (nSPS) is 16.8. The molecule has 1 aliphatic rings. The van der Waals surface area contributed by atoms with Gasteiger partial charge in [0.1, 0.15) is 5.75 Å². The molecule has 1 saturated heterocycles. The van der Waals surface area contributed by atoms with E-state index in [0.717, 1.165) is 24.0 Å². The van der Waals surface area contributed by atoms with E-state index in [2.05, 4.69) is 12.2 Å². The molecule has 0 spiro atoms. The maximum atomic E-state index is 13.1. The molecule has 2 aromatic rings. The first-order chi connectivity index (χ1) is 14.2. The van der Waals surface area contributed by atoms with Crippen LogP contribution in [-0.2, 0) is 10.0 Å². The average molecular weight is 431 g/mol. The molecule has 1 N–H and O–H groups in total. The molecule has 7 heteroatoms. The summed E-state index contributed by atoms with van der Waals surface area (Å²) in [4.78, 5) is 13.2. The lowest BCUT2D eigenvalue weighted by atomic mass is 10.0. The predicted octanol–water partition coefficient (Wildman–Crippen LogP) is 3.92. The summed E-state index contributed by atoms with van der Waals surface area (Å²) in [6.45, 7) is 6.86. The van der Waals surface area contributed by atoms with Gasteiger partial charge in [0.25, 0.3) is 5.91 Å². The summed E-state index contributed by atoms with van der Waals surface area (Å²) >= 11 is 0. The minimum absolute atomic E-state index is 0.165. The Hall–Kier alpha value is -2.38. The first kappa shape index (κ1) is 22.3. The predicted molar refractivity (Wildman–Crippen MR) is 117 cm³/mol. The molecule has 0 bridgehead atoms. The molecule has 0 radical (unpaired) electrons. The Morgan fingerprint density at radius 2 is 1.83 bits per heavy atom. The molecule has 1 fully saturated rings. The van der Waals surface area contributed by atoms with Crippen molar-refractivity contribution in [3.8, 4) is 5.75 Å². The van der Waals surface area contributed by atoms with Crippen LogP contribution in [0.5, 0.6) is 5.75 Å². The number of sulfonamides is 1. The molecule has 2 aromatic carbocycles. The Kier molecular flexibility index (Phi) is 6.83. The Balaban J connectivity index is 1.83. The van der Waals surface area contributed by atoms with E-state index in [4.69, 9.17) is 4.74 Å². The summed E-state index contributed by atoms with van der Waals surface area (Å²) < 4.78 is 33.1. The van der Waals surface area contributed by atoms with E-state index in [1.54, 1.807) is 19.2 Å². The zero-order valence-corrected chi connectivity index (χ0v) is 18.8. The second-order valence-electron chi connectivity index (χ2n) is 8.00. The second-order valence-corrected chi connectivity index (χ2v) is 9.94. The van der Waals surface area contributed by atoms with Crippen molar-refractivity contribution in [2.45, 2.75) is 44.6 Å². The zero-order valence-electron chi connectivity index (χ0n) is 18.0. The first-order valence-corrected chi connectivity index (χ1v) is 11.7. The van der Waals surface area contributed by atoms with Gasteiger partial charge in [0, 0.05) is 24.2 Å². The van der Waals surface area contributed by atoms with Crippen LogP contribution < -0.4 is 10.1 Å². The van der Waals surface area contributed by atoms with Crippen LogP contribution in [0, 0.1) is 12.8 Å². The molecule has 1 atom stereocenters. The molecule has 0 aliphatic carbocycles. The van der Waals surface area contributed by atoms with Gasteiger partial charge in [0.15, 0.2) is 0 Å². The van der Waals surface area contributed by atoms with Gasteiger partial charge in [0.2, 0.25) is 10.0 Å². The highest BCUT2D eigenvalue weighted by Gasteiger charge is 2.29. The molecule has 30 heavy (non-hydrogen) atoms. The van der Waals surface area contributed by atoms with Gasteiger partial charge >= 0.3 is 0 Å². The van der Waals surface area contributed by atoms with E-state index < -0.39 is 10.0 Å². The number of carbonyl (C=O) groups is 1.